The number of benzene rings is 2. The van der Waals surface area contributed by atoms with Crippen molar-refractivity contribution in [1.82, 2.24) is 0 Å². The van der Waals surface area contributed by atoms with E-state index < -0.39 is 11.7 Å². The molecule has 0 aromatic heterocycles. The van der Waals surface area contributed by atoms with Gasteiger partial charge in [0, 0.05) is 11.8 Å². The summed E-state index contributed by atoms with van der Waals surface area (Å²) in [4.78, 5) is 0. The molecule has 2 N–H and O–H groups in total. The molecule has 0 atom stereocenters. The minimum Gasteiger partial charge on any atom is -0.495 e. The Morgan fingerprint density at radius 2 is 1.60 bits per heavy atom. The minimum atomic E-state index is -4.38. The fraction of sp³-hybridized carbons (Fsp3) is 0.188. The first kappa shape index (κ1) is 19.1. The van der Waals surface area contributed by atoms with Crippen LogP contribution in [0.5, 0.6) is 11.5 Å². The molecule has 0 aliphatic rings. The van der Waals surface area contributed by atoms with Crippen LogP contribution < -0.4 is 20.1 Å². The second kappa shape index (κ2) is 7.79. The fourth-order valence-electron chi connectivity index (χ4n) is 1.98. The number of rotatable bonds is 4. The van der Waals surface area contributed by atoms with Gasteiger partial charge in [0.25, 0.3) is 0 Å². The van der Waals surface area contributed by atoms with E-state index in [4.69, 9.17) is 33.3 Å². The molecule has 4 nitrogen and oxygen atoms in total. The summed E-state index contributed by atoms with van der Waals surface area (Å²) < 4.78 is 48.0. The van der Waals surface area contributed by atoms with E-state index in [0.717, 1.165) is 12.1 Å². The maximum Gasteiger partial charge on any atom is 0.416 e. The third-order valence-electron chi connectivity index (χ3n) is 3.19. The first-order chi connectivity index (χ1) is 11.7. The molecule has 2 aromatic rings. The monoisotopic (exact) mass is 390 g/mol. The van der Waals surface area contributed by atoms with Gasteiger partial charge in [0.15, 0.2) is 5.11 Å². The Hall–Kier alpha value is -2.19. The lowest BCUT2D eigenvalue weighted by Crippen LogP contribution is -2.19. The topological polar surface area (TPSA) is 42.5 Å². The number of ether oxygens (including phenoxy) is 2. The molecule has 0 saturated heterocycles. The van der Waals surface area contributed by atoms with E-state index in [1.165, 1.54) is 26.4 Å². The number of alkyl halides is 3. The van der Waals surface area contributed by atoms with E-state index in [9.17, 15) is 13.2 Å². The zero-order valence-corrected chi connectivity index (χ0v) is 14.8. The van der Waals surface area contributed by atoms with Crippen LogP contribution in [0.4, 0.5) is 24.5 Å². The van der Waals surface area contributed by atoms with Crippen LogP contribution >= 0.6 is 23.8 Å². The van der Waals surface area contributed by atoms with Crippen LogP contribution in [0.1, 0.15) is 5.56 Å². The molecule has 9 heteroatoms. The molecule has 0 aliphatic carbocycles. The Balaban J connectivity index is 2.11. The summed E-state index contributed by atoms with van der Waals surface area (Å²) in [5.74, 6) is 0.878. The average molecular weight is 391 g/mol. The fourth-order valence-corrected chi connectivity index (χ4v) is 2.45. The highest BCUT2D eigenvalue weighted by atomic mass is 35.5. The largest absolute Gasteiger partial charge is 0.495 e. The Morgan fingerprint density at radius 1 is 1.00 bits per heavy atom. The van der Waals surface area contributed by atoms with Gasteiger partial charge in [0.2, 0.25) is 0 Å². The number of hydrogen-bond acceptors (Lipinski definition) is 3. The molecule has 134 valence electrons. The zero-order valence-electron chi connectivity index (χ0n) is 13.2. The Bertz CT molecular complexity index is 767. The highest BCUT2D eigenvalue weighted by Gasteiger charge is 2.29. The summed E-state index contributed by atoms with van der Waals surface area (Å²) in [7, 11) is 2.95. The molecule has 2 rings (SSSR count). The highest BCUT2D eigenvalue weighted by Crippen LogP contribution is 2.36. The summed E-state index contributed by atoms with van der Waals surface area (Å²) in [6, 6.07) is 7.67. The molecule has 0 aliphatic heterocycles. The Kier molecular flexibility index (Phi) is 5.97. The van der Waals surface area contributed by atoms with Crippen molar-refractivity contribution in [3.63, 3.8) is 0 Å². The lowest BCUT2D eigenvalue weighted by molar-refractivity contribution is -0.137. The second-order valence-electron chi connectivity index (χ2n) is 4.84. The minimum absolute atomic E-state index is 0.166. The third kappa shape index (κ3) is 4.90. The van der Waals surface area contributed by atoms with Crippen LogP contribution in [0.25, 0.3) is 0 Å². The quantitative estimate of drug-likeness (QED) is 0.704. The van der Waals surface area contributed by atoms with Gasteiger partial charge in [-0.1, -0.05) is 11.6 Å². The van der Waals surface area contributed by atoms with Gasteiger partial charge in [-0.3, -0.25) is 0 Å². The van der Waals surface area contributed by atoms with E-state index in [1.54, 1.807) is 12.1 Å². The molecule has 0 radical (unpaired) electrons. The lowest BCUT2D eigenvalue weighted by Gasteiger charge is -2.15. The third-order valence-corrected chi connectivity index (χ3v) is 3.69. The van der Waals surface area contributed by atoms with E-state index in [0.29, 0.717) is 27.9 Å². The maximum absolute atomic E-state index is 12.6. The number of halogens is 4. The normalized spacial score (nSPS) is 11.0. The van der Waals surface area contributed by atoms with Crippen molar-refractivity contribution in [3.05, 3.63) is 47.0 Å². The van der Waals surface area contributed by atoms with Crippen molar-refractivity contribution in [1.29, 1.82) is 0 Å². The van der Waals surface area contributed by atoms with Gasteiger partial charge < -0.3 is 20.1 Å². The summed E-state index contributed by atoms with van der Waals surface area (Å²) in [5, 5.41) is 6.19. The van der Waals surface area contributed by atoms with Crippen LogP contribution in [-0.4, -0.2) is 19.3 Å². The van der Waals surface area contributed by atoms with Crippen LogP contribution in [0.3, 0.4) is 0 Å². The number of hydrogen-bond donors (Lipinski definition) is 2. The summed E-state index contributed by atoms with van der Waals surface area (Å²) in [6.45, 7) is 0. The molecule has 0 amide bonds. The SMILES string of the molecule is COc1cc(OC)c(NC(=S)Nc2ccc(C(F)(F)F)cc2)cc1Cl. The molecule has 0 heterocycles. The highest BCUT2D eigenvalue weighted by molar-refractivity contribution is 7.80. The first-order valence-corrected chi connectivity index (χ1v) is 7.70. The summed E-state index contributed by atoms with van der Waals surface area (Å²) in [5.41, 5.74) is 0.155. The smallest absolute Gasteiger partial charge is 0.416 e. The molecule has 2 aromatic carbocycles. The predicted octanol–water partition coefficient (Wildman–Crippen LogP) is 5.18. The molecule has 25 heavy (non-hydrogen) atoms. The lowest BCUT2D eigenvalue weighted by atomic mass is 10.2. The van der Waals surface area contributed by atoms with Gasteiger partial charge in [0.1, 0.15) is 11.5 Å². The number of anilines is 2. The van der Waals surface area contributed by atoms with Crippen molar-refractivity contribution in [2.75, 3.05) is 24.9 Å². The van der Waals surface area contributed by atoms with Gasteiger partial charge in [-0.2, -0.15) is 13.2 Å². The molecule has 0 spiro atoms. The van der Waals surface area contributed by atoms with Crippen LogP contribution in [0, 0.1) is 0 Å². The molecular formula is C16H14ClF3N2O2S. The van der Waals surface area contributed by atoms with Crippen LogP contribution in [0.15, 0.2) is 36.4 Å². The molecular weight excluding hydrogens is 377 g/mol. The van der Waals surface area contributed by atoms with Crippen molar-refractivity contribution in [2.45, 2.75) is 6.18 Å². The summed E-state index contributed by atoms with van der Waals surface area (Å²) in [6.07, 6.45) is -4.38. The Morgan fingerprint density at radius 3 is 2.12 bits per heavy atom. The standard InChI is InChI=1S/C16H14ClF3N2O2S/c1-23-13-8-14(24-2)12(7-11(13)17)22-15(25)21-10-5-3-9(4-6-10)16(18,19)20/h3-8H,1-2H3,(H2,21,22,25). The van der Waals surface area contributed by atoms with E-state index in [2.05, 4.69) is 10.6 Å². The van der Waals surface area contributed by atoms with E-state index >= 15 is 0 Å². The summed E-state index contributed by atoms with van der Waals surface area (Å²) >= 11 is 11.2. The van der Waals surface area contributed by atoms with Gasteiger partial charge in [-0.05, 0) is 42.5 Å². The van der Waals surface area contributed by atoms with Crippen molar-refractivity contribution >= 4 is 40.3 Å². The van der Waals surface area contributed by atoms with Crippen molar-refractivity contribution < 1.29 is 22.6 Å². The maximum atomic E-state index is 12.6. The van der Waals surface area contributed by atoms with Crippen LogP contribution in [0.2, 0.25) is 5.02 Å². The second-order valence-corrected chi connectivity index (χ2v) is 5.66. The van der Waals surface area contributed by atoms with Gasteiger partial charge in [0.05, 0.1) is 30.5 Å². The Labute approximate surface area is 152 Å². The zero-order chi connectivity index (χ0) is 18.6. The molecule has 0 unspecified atom stereocenters. The van der Waals surface area contributed by atoms with Gasteiger partial charge >= 0.3 is 6.18 Å². The van der Waals surface area contributed by atoms with E-state index in [-0.39, 0.29) is 5.11 Å². The molecule has 0 saturated carbocycles. The molecule has 0 fully saturated rings. The number of thiocarbonyl (C=S) groups is 1. The van der Waals surface area contributed by atoms with Crippen molar-refractivity contribution in [2.24, 2.45) is 0 Å². The number of nitrogens with one attached hydrogen (secondary N) is 2. The number of methoxy groups -OCH3 is 2. The average Bonchev–Trinajstić information content (AvgIpc) is 2.54. The first-order valence-electron chi connectivity index (χ1n) is 6.91. The predicted molar refractivity (Wildman–Crippen MR) is 95.8 cm³/mol. The van der Waals surface area contributed by atoms with Crippen LogP contribution in [-0.2, 0) is 6.18 Å². The van der Waals surface area contributed by atoms with E-state index in [1.807, 2.05) is 0 Å². The van der Waals surface area contributed by atoms with Gasteiger partial charge in [-0.15, -0.1) is 0 Å². The molecule has 0 bridgehead atoms. The van der Waals surface area contributed by atoms with Gasteiger partial charge in [-0.25, -0.2) is 0 Å². The van der Waals surface area contributed by atoms with Crippen molar-refractivity contribution in [3.8, 4) is 11.5 Å².